The number of phenols is 1. The molecule has 4 heteroatoms. The Balaban J connectivity index is 1.67. The van der Waals surface area contributed by atoms with E-state index in [9.17, 15) is 9.90 Å². The van der Waals surface area contributed by atoms with Crippen molar-refractivity contribution < 1.29 is 9.90 Å². The molecule has 1 spiro atoms. The van der Waals surface area contributed by atoms with Crippen LogP contribution < -0.4 is 5.32 Å². The lowest BCUT2D eigenvalue weighted by Crippen LogP contribution is -2.55. The van der Waals surface area contributed by atoms with Crippen molar-refractivity contribution in [1.29, 1.82) is 0 Å². The number of carbonyl (C=O) groups is 1. The molecule has 1 saturated heterocycles. The van der Waals surface area contributed by atoms with Crippen molar-refractivity contribution in [2.45, 2.75) is 37.9 Å². The SMILES string of the molecule is O=C1NCc2ccccc2CC12CCCN2Cc1cccc(O)c1. The van der Waals surface area contributed by atoms with E-state index < -0.39 is 5.54 Å². The molecule has 1 amide bonds. The first-order valence-corrected chi connectivity index (χ1v) is 8.55. The van der Waals surface area contributed by atoms with Crippen LogP contribution in [0.3, 0.4) is 0 Å². The third-order valence-electron chi connectivity index (χ3n) is 5.37. The molecule has 24 heavy (non-hydrogen) atoms. The average Bonchev–Trinajstić information content (AvgIpc) is 2.90. The Hall–Kier alpha value is -2.33. The Morgan fingerprint density at radius 1 is 1.12 bits per heavy atom. The number of aromatic hydroxyl groups is 1. The summed E-state index contributed by atoms with van der Waals surface area (Å²) in [5.74, 6) is 0.410. The Kier molecular flexibility index (Phi) is 3.77. The van der Waals surface area contributed by atoms with Crippen LogP contribution in [-0.4, -0.2) is 28.0 Å². The Morgan fingerprint density at radius 3 is 2.79 bits per heavy atom. The summed E-state index contributed by atoms with van der Waals surface area (Å²) in [6, 6.07) is 15.7. The van der Waals surface area contributed by atoms with Crippen LogP contribution in [0, 0.1) is 0 Å². The summed E-state index contributed by atoms with van der Waals surface area (Å²) in [5.41, 5.74) is 3.05. The quantitative estimate of drug-likeness (QED) is 0.893. The van der Waals surface area contributed by atoms with E-state index >= 15 is 0 Å². The number of rotatable bonds is 2. The monoisotopic (exact) mass is 322 g/mol. The fourth-order valence-electron chi connectivity index (χ4n) is 4.14. The van der Waals surface area contributed by atoms with Gasteiger partial charge in [-0.2, -0.15) is 0 Å². The molecule has 0 radical (unpaired) electrons. The van der Waals surface area contributed by atoms with Crippen LogP contribution >= 0.6 is 0 Å². The number of likely N-dealkylation sites (tertiary alicyclic amines) is 1. The summed E-state index contributed by atoms with van der Waals surface area (Å²) in [5, 5.41) is 12.8. The number of hydrogen-bond donors (Lipinski definition) is 2. The van der Waals surface area contributed by atoms with Gasteiger partial charge in [-0.25, -0.2) is 0 Å². The summed E-state index contributed by atoms with van der Waals surface area (Å²) >= 11 is 0. The van der Waals surface area contributed by atoms with Gasteiger partial charge in [0.1, 0.15) is 11.3 Å². The van der Waals surface area contributed by atoms with Crippen molar-refractivity contribution in [1.82, 2.24) is 10.2 Å². The number of benzene rings is 2. The second kappa shape index (κ2) is 5.95. The van der Waals surface area contributed by atoms with Crippen molar-refractivity contribution in [2.75, 3.05) is 6.54 Å². The highest BCUT2D eigenvalue weighted by atomic mass is 16.3. The Bertz CT molecular complexity index is 774. The topological polar surface area (TPSA) is 52.6 Å². The van der Waals surface area contributed by atoms with E-state index in [4.69, 9.17) is 0 Å². The molecule has 0 saturated carbocycles. The van der Waals surface area contributed by atoms with E-state index in [0.717, 1.165) is 31.4 Å². The number of nitrogens with one attached hydrogen (secondary N) is 1. The first-order chi connectivity index (χ1) is 11.7. The zero-order valence-electron chi connectivity index (χ0n) is 13.7. The third kappa shape index (κ3) is 2.57. The minimum atomic E-state index is -0.474. The molecule has 2 N–H and O–H groups in total. The van der Waals surface area contributed by atoms with Gasteiger partial charge in [-0.1, -0.05) is 36.4 Å². The van der Waals surface area contributed by atoms with Crippen LogP contribution in [0.2, 0.25) is 0 Å². The van der Waals surface area contributed by atoms with Crippen LogP contribution in [0.1, 0.15) is 29.5 Å². The smallest absolute Gasteiger partial charge is 0.241 e. The van der Waals surface area contributed by atoms with Crippen LogP contribution in [-0.2, 0) is 24.3 Å². The summed E-state index contributed by atoms with van der Waals surface area (Å²) in [7, 11) is 0. The summed E-state index contributed by atoms with van der Waals surface area (Å²) in [6.45, 7) is 2.20. The largest absolute Gasteiger partial charge is 0.508 e. The minimum Gasteiger partial charge on any atom is -0.508 e. The van der Waals surface area contributed by atoms with Crippen LogP contribution in [0.4, 0.5) is 0 Å². The van der Waals surface area contributed by atoms with Crippen molar-refractivity contribution in [2.24, 2.45) is 0 Å². The van der Waals surface area contributed by atoms with Crippen molar-refractivity contribution in [3.05, 3.63) is 65.2 Å². The van der Waals surface area contributed by atoms with Crippen LogP contribution in [0.25, 0.3) is 0 Å². The molecule has 1 atom stereocenters. The molecule has 1 fully saturated rings. The first kappa shape index (κ1) is 15.2. The molecule has 0 aromatic heterocycles. The standard InChI is InChI=1S/C20H22N2O2/c23-18-8-3-5-15(11-18)14-22-10-4-9-20(22)12-16-6-1-2-7-17(16)13-21-19(20)24/h1-3,5-8,11,23H,4,9-10,12-14H2,(H,21,24). The van der Waals surface area contributed by atoms with Crippen LogP contribution in [0.5, 0.6) is 5.75 Å². The van der Waals surface area contributed by atoms with E-state index in [1.54, 1.807) is 12.1 Å². The molecule has 2 aromatic carbocycles. The van der Waals surface area contributed by atoms with E-state index in [2.05, 4.69) is 28.4 Å². The van der Waals surface area contributed by atoms with Gasteiger partial charge in [0.15, 0.2) is 0 Å². The Labute approximate surface area is 142 Å². The fraction of sp³-hybridized carbons (Fsp3) is 0.350. The average molecular weight is 322 g/mol. The number of carbonyl (C=O) groups excluding carboxylic acids is 1. The molecule has 2 aliphatic heterocycles. The summed E-state index contributed by atoms with van der Waals surface area (Å²) in [6.07, 6.45) is 2.66. The van der Waals surface area contributed by atoms with Gasteiger partial charge >= 0.3 is 0 Å². The van der Waals surface area contributed by atoms with Gasteiger partial charge in [0.25, 0.3) is 0 Å². The van der Waals surface area contributed by atoms with Gasteiger partial charge in [0.2, 0.25) is 5.91 Å². The van der Waals surface area contributed by atoms with Crippen molar-refractivity contribution in [3.8, 4) is 5.75 Å². The highest BCUT2D eigenvalue weighted by molar-refractivity contribution is 5.87. The van der Waals surface area contributed by atoms with E-state index in [1.165, 1.54) is 11.1 Å². The highest BCUT2D eigenvalue weighted by Gasteiger charge is 2.48. The van der Waals surface area contributed by atoms with Gasteiger partial charge in [-0.15, -0.1) is 0 Å². The molecule has 2 heterocycles. The molecule has 2 aliphatic rings. The van der Waals surface area contributed by atoms with Gasteiger partial charge < -0.3 is 10.4 Å². The lowest BCUT2D eigenvalue weighted by molar-refractivity contribution is -0.132. The molecule has 1 unspecified atom stereocenters. The Morgan fingerprint density at radius 2 is 1.96 bits per heavy atom. The number of nitrogens with zero attached hydrogens (tertiary/aromatic N) is 1. The summed E-state index contributed by atoms with van der Waals surface area (Å²) < 4.78 is 0. The lowest BCUT2D eigenvalue weighted by Gasteiger charge is -2.36. The molecular formula is C20H22N2O2. The first-order valence-electron chi connectivity index (χ1n) is 8.55. The molecule has 4 rings (SSSR count). The van der Waals surface area contributed by atoms with Gasteiger partial charge in [0, 0.05) is 19.5 Å². The highest BCUT2D eigenvalue weighted by Crippen LogP contribution is 2.37. The van der Waals surface area contributed by atoms with Gasteiger partial charge in [-0.05, 0) is 48.2 Å². The number of amides is 1. The second-order valence-corrected chi connectivity index (χ2v) is 6.85. The van der Waals surface area contributed by atoms with Crippen molar-refractivity contribution >= 4 is 5.91 Å². The van der Waals surface area contributed by atoms with E-state index in [1.807, 2.05) is 18.2 Å². The van der Waals surface area contributed by atoms with Gasteiger partial charge in [0.05, 0.1) is 0 Å². The zero-order valence-corrected chi connectivity index (χ0v) is 13.7. The molecule has 0 bridgehead atoms. The maximum Gasteiger partial charge on any atom is 0.241 e. The number of hydrogen-bond acceptors (Lipinski definition) is 3. The van der Waals surface area contributed by atoms with Crippen molar-refractivity contribution in [3.63, 3.8) is 0 Å². The lowest BCUT2D eigenvalue weighted by atomic mass is 9.86. The second-order valence-electron chi connectivity index (χ2n) is 6.85. The number of fused-ring (bicyclic) bond motifs is 1. The molecule has 0 aliphatic carbocycles. The summed E-state index contributed by atoms with van der Waals surface area (Å²) in [4.78, 5) is 15.3. The maximum atomic E-state index is 13.0. The predicted molar refractivity (Wildman–Crippen MR) is 92.5 cm³/mol. The normalized spacial score (nSPS) is 23.8. The number of phenolic OH excluding ortho intramolecular Hbond substituents is 1. The minimum absolute atomic E-state index is 0.136. The molecule has 2 aromatic rings. The van der Waals surface area contributed by atoms with E-state index in [0.29, 0.717) is 13.1 Å². The fourth-order valence-corrected chi connectivity index (χ4v) is 4.14. The third-order valence-corrected chi connectivity index (χ3v) is 5.37. The maximum absolute atomic E-state index is 13.0. The predicted octanol–water partition coefficient (Wildman–Crippen LogP) is 2.60. The zero-order chi connectivity index (χ0) is 16.6. The van der Waals surface area contributed by atoms with Crippen LogP contribution in [0.15, 0.2) is 48.5 Å². The van der Waals surface area contributed by atoms with Gasteiger partial charge in [-0.3, -0.25) is 9.69 Å². The van der Waals surface area contributed by atoms with E-state index in [-0.39, 0.29) is 11.7 Å². The molecular weight excluding hydrogens is 300 g/mol. The molecule has 4 nitrogen and oxygen atoms in total. The molecule has 124 valence electrons.